The minimum atomic E-state index is -0.0291. The largest absolute Gasteiger partial charge is 0.368 e. The summed E-state index contributed by atoms with van der Waals surface area (Å²) in [4.78, 5) is 26.8. The lowest BCUT2D eigenvalue weighted by Crippen LogP contribution is -2.47. The van der Waals surface area contributed by atoms with Crippen LogP contribution in [0.25, 0.3) is 0 Å². The third kappa shape index (κ3) is 6.05. The third-order valence-electron chi connectivity index (χ3n) is 6.56. The number of piperidine rings is 1. The molecule has 0 radical (unpaired) electrons. The summed E-state index contributed by atoms with van der Waals surface area (Å²) in [5.41, 5.74) is 0.727. The number of carbonyl (C=O) groups excluding carboxylic acids is 2. The second kappa shape index (κ2) is 10.2. The molecule has 5 heteroatoms. The Labute approximate surface area is 175 Å². The van der Waals surface area contributed by atoms with Crippen molar-refractivity contribution in [3.05, 3.63) is 35.9 Å². The molecule has 1 saturated heterocycles. The lowest BCUT2D eigenvalue weighted by atomic mass is 9.75. The van der Waals surface area contributed by atoms with Crippen molar-refractivity contribution in [3.8, 4) is 0 Å². The average molecular weight is 401 g/mol. The highest BCUT2D eigenvalue weighted by molar-refractivity contribution is 5.94. The van der Waals surface area contributed by atoms with Crippen molar-refractivity contribution in [2.75, 3.05) is 19.7 Å². The average Bonchev–Trinajstić information content (AvgIpc) is 2.73. The molecule has 0 bridgehead atoms. The summed E-state index contributed by atoms with van der Waals surface area (Å²) in [7, 11) is 0. The molecule has 1 heterocycles. The second-order valence-corrected chi connectivity index (χ2v) is 9.18. The van der Waals surface area contributed by atoms with Crippen LogP contribution in [0.5, 0.6) is 0 Å². The number of nitrogens with one attached hydrogen (secondary N) is 1. The van der Waals surface area contributed by atoms with Crippen LogP contribution in [0.1, 0.15) is 63.2 Å². The summed E-state index contributed by atoms with van der Waals surface area (Å²) in [6.45, 7) is 8.27. The fraction of sp³-hybridized carbons (Fsp3) is 0.667. The quantitative estimate of drug-likeness (QED) is 0.788. The first-order valence-corrected chi connectivity index (χ1v) is 11.2. The smallest absolute Gasteiger partial charge is 0.253 e. The van der Waals surface area contributed by atoms with E-state index in [-0.39, 0.29) is 30.6 Å². The molecule has 1 aromatic carbocycles. The number of hydrogen-bond donors (Lipinski definition) is 1. The molecule has 2 aliphatic rings. The molecular weight excluding hydrogens is 364 g/mol. The van der Waals surface area contributed by atoms with Crippen molar-refractivity contribution >= 4 is 11.8 Å². The minimum Gasteiger partial charge on any atom is -0.368 e. The molecule has 2 fully saturated rings. The number of rotatable bonds is 6. The second-order valence-electron chi connectivity index (χ2n) is 9.18. The van der Waals surface area contributed by atoms with Crippen LogP contribution in [0.3, 0.4) is 0 Å². The van der Waals surface area contributed by atoms with Crippen LogP contribution < -0.4 is 5.32 Å². The first-order valence-electron chi connectivity index (χ1n) is 11.2. The summed E-state index contributed by atoms with van der Waals surface area (Å²) in [6.07, 6.45) is 5.28. The predicted octanol–water partition coefficient (Wildman–Crippen LogP) is 3.88. The molecule has 1 aromatic rings. The lowest BCUT2D eigenvalue weighted by molar-refractivity contribution is -0.132. The van der Waals surface area contributed by atoms with Gasteiger partial charge in [0.15, 0.2) is 0 Å². The molecule has 1 saturated carbocycles. The molecule has 29 heavy (non-hydrogen) atoms. The van der Waals surface area contributed by atoms with Crippen LogP contribution in [0.15, 0.2) is 30.3 Å². The van der Waals surface area contributed by atoms with Gasteiger partial charge in [0.25, 0.3) is 5.91 Å². The van der Waals surface area contributed by atoms with Gasteiger partial charge in [0.1, 0.15) is 6.61 Å². The van der Waals surface area contributed by atoms with E-state index in [1.165, 1.54) is 12.8 Å². The van der Waals surface area contributed by atoms with Crippen molar-refractivity contribution in [1.82, 2.24) is 10.2 Å². The number of likely N-dealkylation sites (tertiary alicyclic amines) is 1. The normalized spacial score (nSPS) is 25.8. The Morgan fingerprint density at radius 2 is 1.79 bits per heavy atom. The van der Waals surface area contributed by atoms with E-state index < -0.39 is 0 Å². The van der Waals surface area contributed by atoms with Gasteiger partial charge in [0, 0.05) is 24.7 Å². The van der Waals surface area contributed by atoms with Crippen molar-refractivity contribution < 1.29 is 14.3 Å². The highest BCUT2D eigenvalue weighted by Crippen LogP contribution is 2.35. The zero-order chi connectivity index (χ0) is 20.8. The van der Waals surface area contributed by atoms with Gasteiger partial charge < -0.3 is 15.0 Å². The standard InChI is InChI=1S/C24H36N2O3/c1-17(2)21-10-9-18(3)15-22(21)29-16-23(27)25-20-11-13-26(14-12-20)24(28)19-7-5-4-6-8-19/h4-8,17-18,20-22H,9-16H2,1-3H3,(H,25,27)/t18-,21-,22+/m1/s1. The summed E-state index contributed by atoms with van der Waals surface area (Å²) in [5.74, 6) is 1.85. The molecule has 0 spiro atoms. The van der Waals surface area contributed by atoms with Crippen molar-refractivity contribution in [1.29, 1.82) is 0 Å². The van der Waals surface area contributed by atoms with Gasteiger partial charge in [-0.15, -0.1) is 0 Å². The Bertz CT molecular complexity index is 668. The monoisotopic (exact) mass is 400 g/mol. The summed E-state index contributed by atoms with van der Waals surface area (Å²) in [5, 5.41) is 3.11. The first kappa shape index (κ1) is 21.8. The highest BCUT2D eigenvalue weighted by Gasteiger charge is 2.32. The van der Waals surface area contributed by atoms with E-state index in [1.807, 2.05) is 35.2 Å². The number of hydrogen-bond acceptors (Lipinski definition) is 3. The molecule has 0 aromatic heterocycles. The van der Waals surface area contributed by atoms with Gasteiger partial charge in [-0.25, -0.2) is 0 Å². The Kier molecular flexibility index (Phi) is 7.70. The molecule has 5 nitrogen and oxygen atoms in total. The van der Waals surface area contributed by atoms with Gasteiger partial charge in [-0.1, -0.05) is 45.4 Å². The first-order chi connectivity index (χ1) is 13.9. The predicted molar refractivity (Wildman–Crippen MR) is 115 cm³/mol. The zero-order valence-electron chi connectivity index (χ0n) is 18.1. The van der Waals surface area contributed by atoms with E-state index >= 15 is 0 Å². The third-order valence-corrected chi connectivity index (χ3v) is 6.56. The minimum absolute atomic E-state index is 0.0291. The molecule has 1 N–H and O–H groups in total. The van der Waals surface area contributed by atoms with Crippen molar-refractivity contribution in [2.45, 2.75) is 65.0 Å². The van der Waals surface area contributed by atoms with Gasteiger partial charge in [-0.05, 0) is 55.6 Å². The van der Waals surface area contributed by atoms with Crippen molar-refractivity contribution in [3.63, 3.8) is 0 Å². The highest BCUT2D eigenvalue weighted by atomic mass is 16.5. The van der Waals surface area contributed by atoms with Gasteiger partial charge in [0.2, 0.25) is 5.91 Å². The van der Waals surface area contributed by atoms with Gasteiger partial charge in [0.05, 0.1) is 6.10 Å². The maximum atomic E-state index is 12.5. The molecule has 3 atom stereocenters. The number of ether oxygens (including phenoxy) is 1. The van der Waals surface area contributed by atoms with Gasteiger partial charge >= 0.3 is 0 Å². The van der Waals surface area contributed by atoms with Crippen LogP contribution in [0, 0.1) is 17.8 Å². The van der Waals surface area contributed by atoms with Crippen molar-refractivity contribution in [2.24, 2.45) is 17.8 Å². The number of benzene rings is 1. The Morgan fingerprint density at radius 1 is 1.10 bits per heavy atom. The van der Waals surface area contributed by atoms with Gasteiger partial charge in [-0.3, -0.25) is 9.59 Å². The van der Waals surface area contributed by atoms with E-state index in [0.717, 1.165) is 24.8 Å². The molecular formula is C24H36N2O3. The van der Waals surface area contributed by atoms with Crippen LogP contribution in [-0.4, -0.2) is 48.6 Å². The molecule has 0 unspecified atom stereocenters. The number of amides is 2. The Morgan fingerprint density at radius 3 is 2.45 bits per heavy atom. The maximum absolute atomic E-state index is 12.5. The lowest BCUT2D eigenvalue weighted by Gasteiger charge is -2.37. The molecule has 2 amide bonds. The fourth-order valence-electron chi connectivity index (χ4n) is 4.75. The van der Waals surface area contributed by atoms with E-state index in [1.54, 1.807) is 0 Å². The summed E-state index contributed by atoms with van der Waals surface area (Å²) in [6, 6.07) is 9.51. The Balaban J connectivity index is 1.41. The SMILES string of the molecule is CC(C)[C@H]1CC[C@@H](C)C[C@@H]1OCC(=O)NC1CCN(C(=O)c2ccccc2)CC1. The fourth-order valence-corrected chi connectivity index (χ4v) is 4.75. The van der Waals surface area contributed by atoms with Crippen LogP contribution >= 0.6 is 0 Å². The topological polar surface area (TPSA) is 58.6 Å². The van der Waals surface area contributed by atoms with E-state index in [4.69, 9.17) is 4.74 Å². The zero-order valence-corrected chi connectivity index (χ0v) is 18.1. The summed E-state index contributed by atoms with van der Waals surface area (Å²) < 4.78 is 6.07. The van der Waals surface area contributed by atoms with Crippen LogP contribution in [0.4, 0.5) is 0 Å². The molecule has 3 rings (SSSR count). The number of nitrogens with zero attached hydrogens (tertiary/aromatic N) is 1. The molecule has 1 aliphatic carbocycles. The van der Waals surface area contributed by atoms with Gasteiger partial charge in [-0.2, -0.15) is 0 Å². The molecule has 1 aliphatic heterocycles. The molecule has 160 valence electrons. The maximum Gasteiger partial charge on any atom is 0.253 e. The summed E-state index contributed by atoms with van der Waals surface area (Å²) >= 11 is 0. The van der Waals surface area contributed by atoms with E-state index in [0.29, 0.717) is 30.8 Å². The van der Waals surface area contributed by atoms with E-state index in [2.05, 4.69) is 26.1 Å². The van der Waals surface area contributed by atoms with Crippen LogP contribution in [0.2, 0.25) is 0 Å². The van der Waals surface area contributed by atoms with Crippen LogP contribution in [-0.2, 0) is 9.53 Å². The Hall–Kier alpha value is -1.88. The van der Waals surface area contributed by atoms with E-state index in [9.17, 15) is 9.59 Å². The number of carbonyl (C=O) groups is 2.